The van der Waals surface area contributed by atoms with Crippen molar-refractivity contribution in [3.63, 3.8) is 0 Å². The Morgan fingerprint density at radius 2 is 0.788 bits per heavy atom. The molecular formula is C54H70S10Si2. The van der Waals surface area contributed by atoms with Crippen molar-refractivity contribution < 1.29 is 0 Å². The standard InChI is InChI=1S/C54H70S10Si2/c1-11-13-15-17-19-21-29-65(37(3)4,38(5)6)31-23-41-43-33-45(47-35-59-53(63-47)51-55-25-26-56-51)62-50(43)42(24-32-66(39(7)8,40(9)10)30-22-20-18-16-14-12-2)44-34-46(61-49(41)44)48-36-60-54(64-48)52-57-27-28-58-52/h25-28,33-40H,11-22,29-30H2,1-10H3. The van der Waals surface area contributed by atoms with E-state index in [2.05, 4.69) is 137 Å². The number of unbranched alkanes of at least 4 members (excludes halogenated alkanes) is 10. The predicted octanol–water partition coefficient (Wildman–Crippen LogP) is 22.9. The van der Waals surface area contributed by atoms with E-state index in [-0.39, 0.29) is 0 Å². The Labute approximate surface area is 444 Å². The molecule has 354 valence electrons. The fraction of sp³-hybridized carbons (Fsp3) is 0.519. The van der Waals surface area contributed by atoms with Gasteiger partial charge in [-0.3, -0.25) is 0 Å². The molecule has 0 fully saturated rings. The molecule has 2 aromatic heterocycles. The maximum Gasteiger partial charge on any atom is 0.143 e. The summed E-state index contributed by atoms with van der Waals surface area (Å²) in [5, 5.41) is 16.3. The third-order valence-corrected chi connectivity index (χ3v) is 38.4. The van der Waals surface area contributed by atoms with Gasteiger partial charge in [-0.15, -0.1) is 33.8 Å². The lowest BCUT2D eigenvalue weighted by atomic mass is 10.0. The molecule has 3 aromatic rings. The van der Waals surface area contributed by atoms with Gasteiger partial charge in [0.2, 0.25) is 0 Å². The van der Waals surface area contributed by atoms with Gasteiger partial charge in [0.25, 0.3) is 0 Å². The second-order valence-corrected chi connectivity index (χ2v) is 40.2. The van der Waals surface area contributed by atoms with Crippen LogP contribution in [0.3, 0.4) is 0 Å². The van der Waals surface area contributed by atoms with Crippen molar-refractivity contribution in [2.45, 2.75) is 181 Å². The van der Waals surface area contributed by atoms with Gasteiger partial charge in [0.1, 0.15) is 16.1 Å². The second kappa shape index (κ2) is 25.5. The highest BCUT2D eigenvalue weighted by molar-refractivity contribution is 8.36. The molecule has 4 aliphatic heterocycles. The normalized spacial score (nSPS) is 16.6. The summed E-state index contributed by atoms with van der Waals surface area (Å²) in [6.45, 7) is 24.6. The Morgan fingerprint density at radius 3 is 1.14 bits per heavy atom. The van der Waals surface area contributed by atoms with Crippen LogP contribution >= 0.6 is 117 Å². The van der Waals surface area contributed by atoms with Gasteiger partial charge in [0.05, 0.1) is 37.5 Å². The molecule has 0 saturated carbocycles. The summed E-state index contributed by atoms with van der Waals surface area (Å²) in [5.41, 5.74) is 13.5. The Bertz CT molecular complexity index is 2260. The van der Waals surface area contributed by atoms with E-state index in [1.807, 2.05) is 117 Å². The highest BCUT2D eigenvalue weighted by Crippen LogP contribution is 2.59. The van der Waals surface area contributed by atoms with Gasteiger partial charge in [-0.1, -0.05) is 252 Å². The predicted molar refractivity (Wildman–Crippen MR) is 328 cm³/mol. The quantitative estimate of drug-likeness (QED) is 0.0616. The molecule has 0 N–H and O–H groups in total. The van der Waals surface area contributed by atoms with Crippen LogP contribution in [0.2, 0.25) is 34.3 Å². The maximum absolute atomic E-state index is 4.31. The zero-order valence-electron chi connectivity index (χ0n) is 40.9. The topological polar surface area (TPSA) is 0 Å². The van der Waals surface area contributed by atoms with Crippen molar-refractivity contribution in [2.24, 2.45) is 0 Å². The first kappa shape index (κ1) is 53.7. The minimum Gasteiger partial charge on any atom is -0.133 e. The second-order valence-electron chi connectivity index (χ2n) is 19.3. The van der Waals surface area contributed by atoms with Crippen molar-refractivity contribution in [1.29, 1.82) is 0 Å². The van der Waals surface area contributed by atoms with E-state index in [4.69, 9.17) is 0 Å². The average molecular weight is 1100 g/mol. The summed E-state index contributed by atoms with van der Waals surface area (Å²) in [6.07, 6.45) is 16.0. The van der Waals surface area contributed by atoms with E-state index in [0.29, 0.717) is 22.2 Å². The molecule has 0 atom stereocenters. The Kier molecular flexibility index (Phi) is 20.8. The van der Waals surface area contributed by atoms with Crippen molar-refractivity contribution >= 4 is 163 Å². The molecule has 0 radical (unpaired) electrons. The Morgan fingerprint density at radius 1 is 0.439 bits per heavy atom. The van der Waals surface area contributed by atoms with Crippen LogP contribution in [0.1, 0.15) is 167 Å². The summed E-state index contributed by atoms with van der Waals surface area (Å²) in [5.74, 6) is 8.35. The van der Waals surface area contributed by atoms with Crippen molar-refractivity contribution in [2.75, 3.05) is 0 Å². The highest BCUT2D eigenvalue weighted by Gasteiger charge is 2.40. The van der Waals surface area contributed by atoms with Crippen LogP contribution in [0.25, 0.3) is 30.0 Å². The minimum atomic E-state index is -2.01. The minimum absolute atomic E-state index is 0.596. The molecule has 0 aliphatic carbocycles. The Balaban J connectivity index is 1.42. The molecule has 66 heavy (non-hydrogen) atoms. The summed E-state index contributed by atoms with van der Waals surface area (Å²) < 4.78 is 8.32. The first-order valence-corrected chi connectivity index (χ1v) is 37.8. The van der Waals surface area contributed by atoms with Gasteiger partial charge >= 0.3 is 0 Å². The van der Waals surface area contributed by atoms with Gasteiger partial charge < -0.3 is 0 Å². The van der Waals surface area contributed by atoms with Crippen LogP contribution in [0.4, 0.5) is 0 Å². The highest BCUT2D eigenvalue weighted by atomic mass is 32.2. The number of rotatable bonds is 20. The number of thiophene rings is 2. The molecule has 0 amide bonds. The van der Waals surface area contributed by atoms with Gasteiger partial charge in [0, 0.05) is 30.3 Å². The lowest BCUT2D eigenvalue weighted by molar-refractivity contribution is 0.620. The van der Waals surface area contributed by atoms with Crippen LogP contribution in [0.5, 0.6) is 0 Å². The molecular weight excluding hydrogens is 1030 g/mol. The van der Waals surface area contributed by atoms with Crippen LogP contribution < -0.4 is 0 Å². The summed E-state index contributed by atoms with van der Waals surface area (Å²) in [4.78, 5) is 5.45. The molecule has 12 heteroatoms. The van der Waals surface area contributed by atoms with Gasteiger partial charge in [-0.2, -0.15) is 0 Å². The van der Waals surface area contributed by atoms with Gasteiger partial charge in [-0.05, 0) is 78.8 Å². The largest absolute Gasteiger partial charge is 0.143 e. The van der Waals surface area contributed by atoms with Crippen molar-refractivity contribution in [3.8, 4) is 22.9 Å². The zero-order chi connectivity index (χ0) is 46.8. The van der Waals surface area contributed by atoms with E-state index in [1.165, 1.54) is 157 Å². The number of benzene rings is 1. The smallest absolute Gasteiger partial charge is 0.133 e. The number of hydrogen-bond acceptors (Lipinski definition) is 10. The molecule has 0 unspecified atom stereocenters. The third kappa shape index (κ3) is 12.6. The lowest BCUT2D eigenvalue weighted by Crippen LogP contribution is -2.40. The summed E-state index contributed by atoms with van der Waals surface area (Å²) >= 11 is 19.1. The van der Waals surface area contributed by atoms with E-state index >= 15 is 0 Å². The maximum atomic E-state index is 4.31. The van der Waals surface area contributed by atoms with Crippen LogP contribution in [-0.2, 0) is 0 Å². The fourth-order valence-electron chi connectivity index (χ4n) is 9.72. The van der Waals surface area contributed by atoms with E-state index in [0.717, 1.165) is 0 Å². The molecule has 0 bridgehead atoms. The summed E-state index contributed by atoms with van der Waals surface area (Å²) in [6, 6.07) is 7.66. The molecule has 6 heterocycles. The van der Waals surface area contributed by atoms with Crippen molar-refractivity contribution in [3.05, 3.63) is 82.4 Å². The fourth-order valence-corrected chi connectivity index (χ4v) is 30.1. The van der Waals surface area contributed by atoms with Gasteiger partial charge in [0.15, 0.2) is 0 Å². The zero-order valence-corrected chi connectivity index (χ0v) is 51.1. The van der Waals surface area contributed by atoms with Crippen LogP contribution in [-0.4, -0.2) is 16.1 Å². The monoisotopic (exact) mass is 1090 g/mol. The molecule has 0 saturated heterocycles. The average Bonchev–Trinajstić information content (AvgIpc) is 4.14. The van der Waals surface area contributed by atoms with E-state index in [9.17, 15) is 0 Å². The molecule has 7 rings (SSSR count). The SMILES string of the molecule is CCCCCCCC[Si](C#Cc1c2cc(C3=CSC(=C4SC=CS4)S3)sc2c(C#C[Si](CCCCCCCC)(C(C)C)C(C)C)c2cc(C3=CSC(=C4SC=CS4)S3)sc12)(C(C)C)C(C)C. The number of fused-ring (bicyclic) bond motifs is 2. The lowest BCUT2D eigenvalue weighted by Gasteiger charge is -2.34. The molecule has 4 aliphatic rings. The van der Waals surface area contributed by atoms with Crippen molar-refractivity contribution in [1.82, 2.24) is 0 Å². The molecule has 0 spiro atoms. The van der Waals surface area contributed by atoms with Gasteiger partial charge in [-0.25, -0.2) is 0 Å². The first-order valence-electron chi connectivity index (χ1n) is 24.6. The molecule has 0 nitrogen and oxygen atoms in total. The number of thioether (sulfide) groups is 8. The summed E-state index contributed by atoms with van der Waals surface area (Å²) in [7, 11) is -4.02. The first-order chi connectivity index (χ1) is 31.9. The Hall–Kier alpha value is -0.0662. The third-order valence-electron chi connectivity index (χ3n) is 13.9. The van der Waals surface area contributed by atoms with E-state index in [1.54, 1.807) is 0 Å². The van der Waals surface area contributed by atoms with Crippen LogP contribution in [0, 0.1) is 22.9 Å². The molecule has 1 aromatic carbocycles. The van der Waals surface area contributed by atoms with E-state index < -0.39 is 16.1 Å². The number of hydrogen-bond donors (Lipinski definition) is 0. The van der Waals surface area contributed by atoms with Crippen LogP contribution in [0.15, 0.2) is 61.5 Å².